The van der Waals surface area contributed by atoms with Crippen molar-refractivity contribution in [3.05, 3.63) is 40.3 Å². The molecule has 0 aromatic heterocycles. The van der Waals surface area contributed by atoms with Crippen LogP contribution in [0.5, 0.6) is 0 Å². The molecule has 0 heterocycles. The summed E-state index contributed by atoms with van der Waals surface area (Å²) >= 11 is 0. The first-order valence-corrected chi connectivity index (χ1v) is 6.27. The van der Waals surface area contributed by atoms with Crippen LogP contribution in [0.4, 0.5) is 4.39 Å². The lowest BCUT2D eigenvalue weighted by molar-refractivity contribution is 0.610. The lowest BCUT2D eigenvalue weighted by Gasteiger charge is -2.12. The van der Waals surface area contributed by atoms with E-state index in [0.717, 1.165) is 11.1 Å². The smallest absolute Gasteiger partial charge is 0.127 e. The molecular weight excluding hydrogens is 227 g/mol. The van der Waals surface area contributed by atoms with Gasteiger partial charge in [-0.05, 0) is 43.0 Å². The number of aryl methyl sites for hydroxylation is 1. The van der Waals surface area contributed by atoms with Crippen molar-refractivity contribution in [2.24, 2.45) is 5.73 Å². The summed E-state index contributed by atoms with van der Waals surface area (Å²) in [7, 11) is 0. The second kappa shape index (κ2) is 7.64. The minimum Gasteiger partial charge on any atom is -0.402 e. The highest BCUT2D eigenvalue weighted by molar-refractivity contribution is 6.09. The number of halogens is 1. The van der Waals surface area contributed by atoms with Crippen LogP contribution in [0.1, 0.15) is 44.4 Å². The Morgan fingerprint density at radius 3 is 2.33 bits per heavy atom. The minimum absolute atomic E-state index is 0.224. The average Bonchev–Trinajstić information content (AvgIpc) is 2.31. The fraction of sp³-hybridized carbons (Fsp3) is 0.400. The van der Waals surface area contributed by atoms with Crippen LogP contribution in [0, 0.1) is 18.2 Å². The highest BCUT2D eigenvalue weighted by Gasteiger charge is 2.12. The molecule has 3 heteroatoms. The van der Waals surface area contributed by atoms with E-state index in [2.05, 4.69) is 0 Å². The number of hydrogen-bond acceptors (Lipinski definition) is 2. The van der Waals surface area contributed by atoms with E-state index < -0.39 is 0 Å². The maximum Gasteiger partial charge on any atom is 0.127 e. The first kappa shape index (κ1) is 16.4. The van der Waals surface area contributed by atoms with E-state index in [1.54, 1.807) is 6.92 Å². The maximum absolute atomic E-state index is 13.7. The van der Waals surface area contributed by atoms with Gasteiger partial charge in [0.25, 0.3) is 0 Å². The van der Waals surface area contributed by atoms with Crippen molar-refractivity contribution in [2.45, 2.75) is 41.0 Å². The normalized spacial score (nSPS) is 11.2. The quantitative estimate of drug-likeness (QED) is 0.781. The third-order valence-electron chi connectivity index (χ3n) is 2.55. The van der Waals surface area contributed by atoms with Crippen molar-refractivity contribution >= 4 is 11.8 Å². The Kier molecular flexibility index (Phi) is 6.94. The summed E-state index contributed by atoms with van der Waals surface area (Å²) in [5.41, 5.74) is 9.03. The number of nitrogens with one attached hydrogen (secondary N) is 1. The summed E-state index contributed by atoms with van der Waals surface area (Å²) in [6.07, 6.45) is 1.77. The van der Waals surface area contributed by atoms with Gasteiger partial charge in [-0.1, -0.05) is 26.8 Å². The Balaban J connectivity index is 0.00000137. The summed E-state index contributed by atoms with van der Waals surface area (Å²) in [6.45, 7) is 9.45. The number of allylic oxidation sites excluding steroid dienone is 2. The van der Waals surface area contributed by atoms with E-state index in [9.17, 15) is 4.39 Å². The largest absolute Gasteiger partial charge is 0.402 e. The van der Waals surface area contributed by atoms with Crippen LogP contribution in [0.3, 0.4) is 0 Å². The van der Waals surface area contributed by atoms with Gasteiger partial charge in [-0.15, -0.1) is 0 Å². The highest BCUT2D eigenvalue weighted by atomic mass is 19.1. The lowest BCUT2D eigenvalue weighted by Crippen LogP contribution is -2.04. The molecule has 18 heavy (non-hydrogen) atoms. The van der Waals surface area contributed by atoms with E-state index in [1.807, 2.05) is 33.8 Å². The topological polar surface area (TPSA) is 49.9 Å². The van der Waals surface area contributed by atoms with Crippen molar-refractivity contribution < 1.29 is 4.39 Å². The Morgan fingerprint density at radius 2 is 1.94 bits per heavy atom. The van der Waals surface area contributed by atoms with Gasteiger partial charge in [-0.3, -0.25) is 0 Å². The summed E-state index contributed by atoms with van der Waals surface area (Å²) in [5, 5.41) is 7.36. The highest BCUT2D eigenvalue weighted by Crippen LogP contribution is 2.24. The van der Waals surface area contributed by atoms with Crippen molar-refractivity contribution in [3.8, 4) is 0 Å². The van der Waals surface area contributed by atoms with Gasteiger partial charge in [0, 0.05) is 17.5 Å². The van der Waals surface area contributed by atoms with Crippen molar-refractivity contribution in [3.63, 3.8) is 0 Å². The standard InChI is InChI=1S/C13H17FN2.C2H6/c1-4-10-11(12(7-15)9(3)16)5-8(2)6-13(10)14;1-2/h5-7,15H,4,16H2,1-3H3;1-2H3/b12-9+,15-7?;. The van der Waals surface area contributed by atoms with Gasteiger partial charge in [0.05, 0.1) is 0 Å². The van der Waals surface area contributed by atoms with E-state index >= 15 is 0 Å². The van der Waals surface area contributed by atoms with Gasteiger partial charge in [0.1, 0.15) is 5.82 Å². The molecule has 0 unspecified atom stereocenters. The molecule has 0 bridgehead atoms. The molecule has 0 fully saturated rings. The Bertz CT molecular complexity index is 444. The summed E-state index contributed by atoms with van der Waals surface area (Å²) < 4.78 is 13.7. The minimum atomic E-state index is -0.224. The number of rotatable bonds is 3. The molecule has 0 amide bonds. The molecular formula is C15H23FN2. The van der Waals surface area contributed by atoms with Gasteiger partial charge in [-0.25, -0.2) is 4.39 Å². The summed E-state index contributed by atoms with van der Waals surface area (Å²) in [5.74, 6) is -0.224. The molecule has 0 aliphatic carbocycles. The average molecular weight is 250 g/mol. The fourth-order valence-corrected chi connectivity index (χ4v) is 1.78. The maximum atomic E-state index is 13.7. The second-order valence-corrected chi connectivity index (χ2v) is 3.87. The van der Waals surface area contributed by atoms with Crippen molar-refractivity contribution in [2.75, 3.05) is 0 Å². The van der Waals surface area contributed by atoms with Crippen LogP contribution in [0.15, 0.2) is 17.8 Å². The van der Waals surface area contributed by atoms with Crippen molar-refractivity contribution in [1.29, 1.82) is 5.41 Å². The van der Waals surface area contributed by atoms with Crippen LogP contribution in [-0.4, -0.2) is 6.21 Å². The van der Waals surface area contributed by atoms with Gasteiger partial charge < -0.3 is 11.1 Å². The van der Waals surface area contributed by atoms with Crippen LogP contribution in [0.2, 0.25) is 0 Å². The van der Waals surface area contributed by atoms with Gasteiger partial charge in [-0.2, -0.15) is 0 Å². The lowest BCUT2D eigenvalue weighted by atomic mass is 9.95. The zero-order valence-corrected chi connectivity index (χ0v) is 11.9. The molecule has 0 radical (unpaired) electrons. The molecule has 0 atom stereocenters. The predicted molar refractivity (Wildman–Crippen MR) is 77.4 cm³/mol. The van der Waals surface area contributed by atoms with Crippen LogP contribution < -0.4 is 5.73 Å². The molecule has 1 aromatic rings. The van der Waals surface area contributed by atoms with E-state index in [1.165, 1.54) is 12.3 Å². The van der Waals surface area contributed by atoms with Gasteiger partial charge in [0.15, 0.2) is 0 Å². The predicted octanol–water partition coefficient (Wildman–Crippen LogP) is 4.06. The monoisotopic (exact) mass is 250 g/mol. The molecule has 3 N–H and O–H groups in total. The zero-order chi connectivity index (χ0) is 14.3. The first-order valence-electron chi connectivity index (χ1n) is 6.27. The fourth-order valence-electron chi connectivity index (χ4n) is 1.78. The van der Waals surface area contributed by atoms with Crippen LogP contribution in [-0.2, 0) is 6.42 Å². The number of nitrogens with two attached hydrogens (primary N) is 1. The summed E-state index contributed by atoms with van der Waals surface area (Å²) in [4.78, 5) is 0. The third-order valence-corrected chi connectivity index (χ3v) is 2.55. The van der Waals surface area contributed by atoms with Crippen molar-refractivity contribution in [1.82, 2.24) is 0 Å². The van der Waals surface area contributed by atoms with E-state index in [0.29, 0.717) is 23.3 Å². The molecule has 2 nitrogen and oxygen atoms in total. The third kappa shape index (κ3) is 3.69. The molecule has 0 aliphatic heterocycles. The van der Waals surface area contributed by atoms with Gasteiger partial charge >= 0.3 is 0 Å². The second-order valence-electron chi connectivity index (χ2n) is 3.87. The van der Waals surface area contributed by atoms with Crippen LogP contribution in [0.25, 0.3) is 5.57 Å². The molecule has 1 aromatic carbocycles. The summed E-state index contributed by atoms with van der Waals surface area (Å²) in [6, 6.07) is 3.38. The Hall–Kier alpha value is -1.64. The van der Waals surface area contributed by atoms with Gasteiger partial charge in [0.2, 0.25) is 0 Å². The molecule has 0 aliphatic rings. The number of benzene rings is 1. The zero-order valence-electron chi connectivity index (χ0n) is 11.9. The van der Waals surface area contributed by atoms with E-state index in [4.69, 9.17) is 11.1 Å². The Morgan fingerprint density at radius 1 is 1.39 bits per heavy atom. The first-order chi connectivity index (χ1) is 8.51. The molecule has 0 spiro atoms. The van der Waals surface area contributed by atoms with E-state index in [-0.39, 0.29) is 5.82 Å². The number of hydrogen-bond donors (Lipinski definition) is 2. The molecule has 100 valence electrons. The SMILES string of the molecule is CC.CCc1c(F)cc(C)cc1/C(C=N)=C(\C)N. The molecule has 0 saturated heterocycles. The van der Waals surface area contributed by atoms with Crippen LogP contribution >= 0.6 is 0 Å². The molecule has 0 saturated carbocycles. The Labute approximate surface area is 109 Å². The molecule has 1 rings (SSSR count).